The number of hydrogen-bond acceptors (Lipinski definition) is 3. The molecule has 0 aromatic heterocycles. The average molecular weight is 401 g/mol. The molecule has 2 aromatic carbocycles. The van der Waals surface area contributed by atoms with Crippen molar-refractivity contribution < 1.29 is 13.2 Å². The van der Waals surface area contributed by atoms with E-state index in [-0.39, 0.29) is 11.9 Å². The molecule has 0 fully saturated rings. The number of hydrogen-bond donors (Lipinski definition) is 1. The van der Waals surface area contributed by atoms with Crippen LogP contribution in [0, 0.1) is 6.92 Å². The van der Waals surface area contributed by atoms with Gasteiger partial charge in [0.15, 0.2) is 0 Å². The predicted molar refractivity (Wildman–Crippen MR) is 113 cm³/mol. The molecular formula is C22H28N2O3S. The van der Waals surface area contributed by atoms with E-state index in [9.17, 15) is 13.2 Å². The summed E-state index contributed by atoms with van der Waals surface area (Å²) in [6.07, 6.45) is 4.42. The zero-order valence-corrected chi connectivity index (χ0v) is 17.5. The number of fused-ring (bicyclic) bond motifs is 1. The molecule has 1 aliphatic rings. The molecule has 0 bridgehead atoms. The maximum absolute atomic E-state index is 13.2. The minimum atomic E-state index is -3.62. The van der Waals surface area contributed by atoms with Crippen LogP contribution in [-0.2, 0) is 21.2 Å². The minimum Gasteiger partial charge on any atom is -0.347 e. The Morgan fingerprint density at radius 1 is 1.18 bits per heavy atom. The molecule has 1 N–H and O–H groups in total. The van der Waals surface area contributed by atoms with E-state index >= 15 is 0 Å². The first-order valence-corrected chi connectivity index (χ1v) is 11.6. The van der Waals surface area contributed by atoms with Crippen molar-refractivity contribution in [1.82, 2.24) is 5.32 Å². The second-order valence-corrected chi connectivity index (χ2v) is 9.33. The Labute approximate surface area is 167 Å². The number of anilines is 1. The zero-order chi connectivity index (χ0) is 20.3. The number of benzene rings is 2. The van der Waals surface area contributed by atoms with Crippen molar-refractivity contribution >= 4 is 21.6 Å². The Bertz CT molecular complexity index is 939. The van der Waals surface area contributed by atoms with Gasteiger partial charge >= 0.3 is 0 Å². The largest absolute Gasteiger partial charge is 0.347 e. The number of nitrogens with one attached hydrogen (secondary N) is 1. The number of carbonyl (C=O) groups excluding carboxylic acids is 1. The first-order chi connectivity index (χ1) is 13.3. The van der Waals surface area contributed by atoms with Crippen LogP contribution in [0.5, 0.6) is 0 Å². The van der Waals surface area contributed by atoms with Gasteiger partial charge in [-0.05, 0) is 55.9 Å². The molecule has 1 aliphatic carbocycles. The van der Waals surface area contributed by atoms with Gasteiger partial charge in [0, 0.05) is 0 Å². The van der Waals surface area contributed by atoms with Crippen LogP contribution in [0.25, 0.3) is 0 Å². The summed E-state index contributed by atoms with van der Waals surface area (Å²) >= 11 is 0. The first-order valence-electron chi connectivity index (χ1n) is 9.75. The van der Waals surface area contributed by atoms with Crippen LogP contribution in [0.4, 0.5) is 5.69 Å². The lowest BCUT2D eigenvalue weighted by Gasteiger charge is -2.33. The second-order valence-electron chi connectivity index (χ2n) is 7.47. The number of nitrogens with zero attached hydrogens (tertiary/aromatic N) is 1. The molecule has 3 rings (SSSR count). The van der Waals surface area contributed by atoms with Gasteiger partial charge < -0.3 is 5.32 Å². The normalized spacial score (nSPS) is 17.5. The van der Waals surface area contributed by atoms with E-state index in [1.54, 1.807) is 12.1 Å². The van der Waals surface area contributed by atoms with Crippen LogP contribution in [0.3, 0.4) is 0 Å². The van der Waals surface area contributed by atoms with Gasteiger partial charge in [-0.2, -0.15) is 0 Å². The van der Waals surface area contributed by atoms with Crippen LogP contribution in [0.15, 0.2) is 48.5 Å². The fourth-order valence-corrected chi connectivity index (χ4v) is 5.14. The van der Waals surface area contributed by atoms with Crippen molar-refractivity contribution in [2.24, 2.45) is 0 Å². The summed E-state index contributed by atoms with van der Waals surface area (Å²) < 4.78 is 26.4. The van der Waals surface area contributed by atoms with Crippen molar-refractivity contribution in [2.45, 2.75) is 51.6 Å². The highest BCUT2D eigenvalue weighted by atomic mass is 32.2. The van der Waals surface area contributed by atoms with Crippen molar-refractivity contribution in [3.63, 3.8) is 0 Å². The van der Waals surface area contributed by atoms with Gasteiger partial charge in [-0.15, -0.1) is 0 Å². The molecule has 0 saturated heterocycles. The number of rotatable bonds is 6. The summed E-state index contributed by atoms with van der Waals surface area (Å²) in [5.74, 6) is -0.254. The van der Waals surface area contributed by atoms with Crippen molar-refractivity contribution in [1.29, 1.82) is 0 Å². The maximum Gasteiger partial charge on any atom is 0.244 e. The van der Waals surface area contributed by atoms with E-state index in [1.807, 2.05) is 38.1 Å². The minimum absolute atomic E-state index is 0.0778. The van der Waals surface area contributed by atoms with Gasteiger partial charge in [-0.1, -0.05) is 48.9 Å². The smallest absolute Gasteiger partial charge is 0.244 e. The summed E-state index contributed by atoms with van der Waals surface area (Å²) in [6.45, 7) is 3.78. The molecule has 2 atom stereocenters. The molecule has 6 heteroatoms. The van der Waals surface area contributed by atoms with E-state index in [2.05, 4.69) is 17.4 Å². The molecule has 0 aliphatic heterocycles. The molecule has 28 heavy (non-hydrogen) atoms. The first kappa shape index (κ1) is 20.4. The van der Waals surface area contributed by atoms with Crippen LogP contribution < -0.4 is 9.62 Å². The Balaban J connectivity index is 1.88. The molecular weight excluding hydrogens is 372 g/mol. The Morgan fingerprint density at radius 3 is 2.50 bits per heavy atom. The Hall–Kier alpha value is -2.34. The average Bonchev–Trinajstić information content (AvgIpc) is 2.66. The molecule has 0 heterocycles. The zero-order valence-electron chi connectivity index (χ0n) is 16.7. The summed E-state index contributed by atoms with van der Waals surface area (Å²) in [7, 11) is -3.62. The third-order valence-corrected chi connectivity index (χ3v) is 6.48. The fourth-order valence-electron chi connectivity index (χ4n) is 3.92. The monoisotopic (exact) mass is 400 g/mol. The predicted octanol–water partition coefficient (Wildman–Crippen LogP) is 3.73. The van der Waals surface area contributed by atoms with E-state index in [4.69, 9.17) is 0 Å². The highest BCUT2D eigenvalue weighted by Crippen LogP contribution is 2.30. The quantitative estimate of drug-likeness (QED) is 0.803. The van der Waals surface area contributed by atoms with Crippen LogP contribution >= 0.6 is 0 Å². The van der Waals surface area contributed by atoms with Gasteiger partial charge in [-0.25, -0.2) is 8.42 Å². The van der Waals surface area contributed by atoms with Gasteiger partial charge in [0.25, 0.3) is 0 Å². The standard InChI is InChI=1S/C22H28N2O3S/c1-4-21(24(28(3,26)27)18-14-12-16(2)13-15-18)22(25)23-20-11-7-9-17-8-5-6-10-19(17)20/h5-6,8,10,12-15,20-21H,4,7,9,11H2,1-3H3,(H,23,25)/t20-,21-/m0/s1. The Kier molecular flexibility index (Phi) is 6.08. The van der Waals surface area contributed by atoms with Crippen molar-refractivity contribution in [3.05, 3.63) is 65.2 Å². The lowest BCUT2D eigenvalue weighted by molar-refractivity contribution is -0.123. The van der Waals surface area contributed by atoms with E-state index in [1.165, 1.54) is 9.87 Å². The molecule has 1 amide bonds. The third-order valence-electron chi connectivity index (χ3n) is 5.30. The number of carbonyl (C=O) groups is 1. The third kappa shape index (κ3) is 4.38. The lowest BCUT2D eigenvalue weighted by atomic mass is 9.87. The van der Waals surface area contributed by atoms with Crippen LogP contribution in [-0.4, -0.2) is 26.6 Å². The molecule has 0 radical (unpaired) electrons. The summed E-state index contributed by atoms with van der Waals surface area (Å²) in [5.41, 5.74) is 3.94. The van der Waals surface area contributed by atoms with Gasteiger partial charge in [-0.3, -0.25) is 9.10 Å². The van der Waals surface area contributed by atoms with Gasteiger partial charge in [0.1, 0.15) is 6.04 Å². The summed E-state index contributed by atoms with van der Waals surface area (Å²) in [5, 5.41) is 3.11. The Morgan fingerprint density at radius 2 is 1.86 bits per heavy atom. The van der Waals surface area contributed by atoms with Crippen molar-refractivity contribution in [2.75, 3.05) is 10.6 Å². The highest BCUT2D eigenvalue weighted by molar-refractivity contribution is 7.92. The number of aryl methyl sites for hydroxylation is 2. The van der Waals surface area contributed by atoms with Gasteiger partial charge in [0.2, 0.25) is 15.9 Å². The molecule has 2 aromatic rings. The second kappa shape index (κ2) is 8.35. The molecule has 0 saturated carbocycles. The number of amides is 1. The van der Waals surface area contributed by atoms with Gasteiger partial charge in [0.05, 0.1) is 18.0 Å². The summed E-state index contributed by atoms with van der Waals surface area (Å²) in [6, 6.07) is 14.5. The van der Waals surface area contributed by atoms with E-state index in [0.717, 1.165) is 36.6 Å². The van der Waals surface area contributed by atoms with E-state index in [0.29, 0.717) is 12.1 Å². The lowest BCUT2D eigenvalue weighted by Crippen LogP contribution is -2.50. The molecule has 150 valence electrons. The fraction of sp³-hybridized carbons (Fsp3) is 0.409. The topological polar surface area (TPSA) is 66.5 Å². The number of sulfonamides is 1. The summed E-state index contributed by atoms with van der Waals surface area (Å²) in [4.78, 5) is 13.2. The SMILES string of the molecule is CC[C@@H](C(=O)N[C@H]1CCCc2ccccc21)N(c1ccc(C)cc1)S(C)(=O)=O. The van der Waals surface area contributed by atoms with Crippen molar-refractivity contribution in [3.8, 4) is 0 Å². The maximum atomic E-state index is 13.2. The van der Waals surface area contributed by atoms with E-state index < -0.39 is 16.1 Å². The molecule has 5 nitrogen and oxygen atoms in total. The molecule has 0 spiro atoms. The highest BCUT2D eigenvalue weighted by Gasteiger charge is 2.33. The molecule has 0 unspecified atom stereocenters. The van der Waals surface area contributed by atoms with Crippen LogP contribution in [0.1, 0.15) is 48.9 Å². The van der Waals surface area contributed by atoms with Crippen LogP contribution in [0.2, 0.25) is 0 Å².